The summed E-state index contributed by atoms with van der Waals surface area (Å²) >= 11 is 1.57. The van der Waals surface area contributed by atoms with Crippen LogP contribution in [0, 0.1) is 0 Å². The highest BCUT2D eigenvalue weighted by Crippen LogP contribution is 2.27. The van der Waals surface area contributed by atoms with E-state index in [0.717, 1.165) is 16.2 Å². The normalized spacial score (nSPS) is 13.6. The summed E-state index contributed by atoms with van der Waals surface area (Å²) in [5, 5.41) is 14.4. The van der Waals surface area contributed by atoms with E-state index in [9.17, 15) is 4.79 Å². The largest absolute Gasteiger partial charge is 0.497 e. The maximum atomic E-state index is 11.1. The average Bonchev–Trinajstić information content (AvgIpc) is 3.00. The van der Waals surface area contributed by atoms with E-state index in [2.05, 4.69) is 5.32 Å². The number of methoxy groups -OCH3 is 1. The fourth-order valence-corrected chi connectivity index (χ4v) is 3.00. The number of rotatable bonds is 7. The molecular formula is C16H19NO3S. The second kappa shape index (κ2) is 7.24. The molecule has 4 nitrogen and oxygen atoms in total. The van der Waals surface area contributed by atoms with Crippen LogP contribution in [0.15, 0.2) is 41.8 Å². The van der Waals surface area contributed by atoms with E-state index in [1.807, 2.05) is 48.7 Å². The molecule has 2 rings (SSSR count). The molecule has 1 aromatic heterocycles. The van der Waals surface area contributed by atoms with Crippen molar-refractivity contribution in [1.82, 2.24) is 5.32 Å². The van der Waals surface area contributed by atoms with E-state index in [-0.39, 0.29) is 18.5 Å². The number of carboxylic acids is 1. The van der Waals surface area contributed by atoms with Crippen molar-refractivity contribution in [2.24, 2.45) is 0 Å². The van der Waals surface area contributed by atoms with Gasteiger partial charge in [0.2, 0.25) is 0 Å². The Hall–Kier alpha value is -1.85. The molecule has 112 valence electrons. The lowest BCUT2D eigenvalue weighted by atomic mass is 10.1. The van der Waals surface area contributed by atoms with Crippen LogP contribution in [0.2, 0.25) is 0 Å². The van der Waals surface area contributed by atoms with E-state index in [0.29, 0.717) is 0 Å². The minimum absolute atomic E-state index is 0.0338. The van der Waals surface area contributed by atoms with Crippen molar-refractivity contribution in [2.45, 2.75) is 25.4 Å². The maximum Gasteiger partial charge on any atom is 0.305 e. The fourth-order valence-electron chi connectivity index (χ4n) is 2.21. The topological polar surface area (TPSA) is 58.6 Å². The molecule has 0 saturated carbocycles. The lowest BCUT2D eigenvalue weighted by Crippen LogP contribution is -2.26. The first-order chi connectivity index (χ1) is 10.1. The number of carbonyl (C=O) groups is 1. The Morgan fingerprint density at radius 2 is 2.19 bits per heavy atom. The van der Waals surface area contributed by atoms with Gasteiger partial charge in [-0.25, -0.2) is 0 Å². The van der Waals surface area contributed by atoms with Crippen molar-refractivity contribution >= 4 is 17.3 Å². The van der Waals surface area contributed by atoms with Gasteiger partial charge >= 0.3 is 5.97 Å². The Balaban J connectivity index is 2.13. The van der Waals surface area contributed by atoms with E-state index < -0.39 is 5.97 Å². The monoisotopic (exact) mass is 305 g/mol. The van der Waals surface area contributed by atoms with Crippen LogP contribution in [0.25, 0.3) is 0 Å². The van der Waals surface area contributed by atoms with Gasteiger partial charge in [0.1, 0.15) is 5.75 Å². The molecule has 0 amide bonds. The molecule has 21 heavy (non-hydrogen) atoms. The molecule has 5 heteroatoms. The van der Waals surface area contributed by atoms with Crippen LogP contribution in [0.5, 0.6) is 5.75 Å². The quantitative estimate of drug-likeness (QED) is 0.820. The molecule has 0 aliphatic carbocycles. The molecular weight excluding hydrogens is 286 g/mol. The summed E-state index contributed by atoms with van der Waals surface area (Å²) in [6.45, 7) is 2.03. The summed E-state index contributed by atoms with van der Waals surface area (Å²) in [5.74, 6) is -0.00852. The summed E-state index contributed by atoms with van der Waals surface area (Å²) in [5.41, 5.74) is 1.07. The number of nitrogens with one attached hydrogen (secondary N) is 1. The first-order valence-corrected chi connectivity index (χ1v) is 7.63. The summed E-state index contributed by atoms with van der Waals surface area (Å²) in [6.07, 6.45) is 0.0643. The molecule has 2 atom stereocenters. The third-order valence-corrected chi connectivity index (χ3v) is 4.30. The van der Waals surface area contributed by atoms with Crippen LogP contribution >= 0.6 is 11.3 Å². The molecule has 2 aromatic rings. The fraction of sp³-hybridized carbons (Fsp3) is 0.312. The Morgan fingerprint density at radius 1 is 1.38 bits per heavy atom. The third kappa shape index (κ3) is 4.31. The molecule has 1 aromatic carbocycles. The molecule has 0 aliphatic rings. The van der Waals surface area contributed by atoms with Gasteiger partial charge in [0.15, 0.2) is 0 Å². The zero-order valence-corrected chi connectivity index (χ0v) is 12.9. The number of thiophene rings is 1. The van der Waals surface area contributed by atoms with Gasteiger partial charge in [-0.15, -0.1) is 11.3 Å². The Kier molecular flexibility index (Phi) is 5.36. The SMILES string of the molecule is COc1cccc(C(C)NC(CC(=O)O)c2cccs2)c1. The molecule has 0 aliphatic heterocycles. The first-order valence-electron chi connectivity index (χ1n) is 6.75. The van der Waals surface area contributed by atoms with Gasteiger partial charge in [0.25, 0.3) is 0 Å². The second-order valence-corrected chi connectivity index (χ2v) is 5.81. The minimum atomic E-state index is -0.807. The van der Waals surface area contributed by atoms with Crippen molar-refractivity contribution < 1.29 is 14.6 Å². The third-order valence-electron chi connectivity index (χ3n) is 3.31. The molecule has 0 fully saturated rings. The van der Waals surface area contributed by atoms with Crippen LogP contribution in [0.3, 0.4) is 0 Å². The number of carboxylic acid groups (broad SMARTS) is 1. The van der Waals surface area contributed by atoms with Crippen molar-refractivity contribution in [3.8, 4) is 5.75 Å². The Bertz CT molecular complexity index is 583. The van der Waals surface area contributed by atoms with Crippen LogP contribution in [-0.4, -0.2) is 18.2 Å². The zero-order chi connectivity index (χ0) is 15.2. The molecule has 2 N–H and O–H groups in total. The van der Waals surface area contributed by atoms with Crippen molar-refractivity contribution in [3.05, 3.63) is 52.2 Å². The highest BCUT2D eigenvalue weighted by atomic mass is 32.1. The van der Waals surface area contributed by atoms with Gasteiger partial charge < -0.3 is 15.2 Å². The van der Waals surface area contributed by atoms with Crippen molar-refractivity contribution in [3.63, 3.8) is 0 Å². The predicted octanol–water partition coefficient (Wildman–Crippen LogP) is 3.62. The molecule has 0 bridgehead atoms. The number of ether oxygens (including phenoxy) is 1. The molecule has 0 radical (unpaired) electrons. The lowest BCUT2D eigenvalue weighted by molar-refractivity contribution is -0.137. The van der Waals surface area contributed by atoms with E-state index >= 15 is 0 Å². The predicted molar refractivity (Wildman–Crippen MR) is 83.9 cm³/mol. The number of hydrogen-bond donors (Lipinski definition) is 2. The van der Waals surface area contributed by atoms with Gasteiger partial charge in [0, 0.05) is 10.9 Å². The average molecular weight is 305 g/mol. The smallest absolute Gasteiger partial charge is 0.305 e. The van der Waals surface area contributed by atoms with Gasteiger partial charge in [-0.1, -0.05) is 18.2 Å². The zero-order valence-electron chi connectivity index (χ0n) is 12.1. The van der Waals surface area contributed by atoms with Crippen LogP contribution in [-0.2, 0) is 4.79 Å². The first kappa shape index (κ1) is 15.5. The molecule has 2 unspecified atom stereocenters. The van der Waals surface area contributed by atoms with Crippen LogP contribution in [0.1, 0.15) is 35.9 Å². The Labute approximate surface area is 128 Å². The minimum Gasteiger partial charge on any atom is -0.497 e. The van der Waals surface area contributed by atoms with Crippen molar-refractivity contribution in [1.29, 1.82) is 0 Å². The van der Waals surface area contributed by atoms with Crippen LogP contribution in [0.4, 0.5) is 0 Å². The van der Waals surface area contributed by atoms with Crippen LogP contribution < -0.4 is 10.1 Å². The maximum absolute atomic E-state index is 11.1. The summed E-state index contributed by atoms with van der Waals surface area (Å²) in [6, 6.07) is 11.5. The summed E-state index contributed by atoms with van der Waals surface area (Å²) in [7, 11) is 1.64. The summed E-state index contributed by atoms with van der Waals surface area (Å²) < 4.78 is 5.23. The Morgan fingerprint density at radius 3 is 2.81 bits per heavy atom. The summed E-state index contributed by atoms with van der Waals surface area (Å²) in [4.78, 5) is 12.1. The van der Waals surface area contributed by atoms with Crippen molar-refractivity contribution in [2.75, 3.05) is 7.11 Å². The van der Waals surface area contributed by atoms with E-state index in [4.69, 9.17) is 9.84 Å². The van der Waals surface area contributed by atoms with E-state index in [1.54, 1.807) is 18.4 Å². The van der Waals surface area contributed by atoms with E-state index in [1.165, 1.54) is 0 Å². The molecule has 0 spiro atoms. The van der Waals surface area contributed by atoms with Gasteiger partial charge in [0.05, 0.1) is 19.6 Å². The standard InChI is InChI=1S/C16H19NO3S/c1-11(12-5-3-6-13(9-12)20-2)17-14(10-16(18)19)15-7-4-8-21-15/h3-9,11,14,17H,10H2,1-2H3,(H,18,19). The highest BCUT2D eigenvalue weighted by Gasteiger charge is 2.19. The van der Waals surface area contributed by atoms with Gasteiger partial charge in [-0.05, 0) is 36.1 Å². The number of aliphatic carboxylic acids is 1. The second-order valence-electron chi connectivity index (χ2n) is 4.83. The lowest BCUT2D eigenvalue weighted by Gasteiger charge is -2.22. The molecule has 1 heterocycles. The van der Waals surface area contributed by atoms with Gasteiger partial charge in [-0.2, -0.15) is 0 Å². The highest BCUT2D eigenvalue weighted by molar-refractivity contribution is 7.10. The number of hydrogen-bond acceptors (Lipinski definition) is 4. The van der Waals surface area contributed by atoms with Gasteiger partial charge in [-0.3, -0.25) is 4.79 Å². The number of benzene rings is 1. The molecule has 0 saturated heterocycles.